The van der Waals surface area contributed by atoms with E-state index in [2.05, 4.69) is 41.5 Å². The molecule has 0 amide bonds. The van der Waals surface area contributed by atoms with Crippen molar-refractivity contribution in [2.45, 2.75) is 67.2 Å². The van der Waals surface area contributed by atoms with Crippen molar-refractivity contribution >= 4 is 0 Å². The van der Waals surface area contributed by atoms with Gasteiger partial charge in [0.2, 0.25) is 0 Å². The summed E-state index contributed by atoms with van der Waals surface area (Å²) >= 11 is 0. The summed E-state index contributed by atoms with van der Waals surface area (Å²) in [6.07, 6.45) is 5.60. The van der Waals surface area contributed by atoms with E-state index in [9.17, 15) is 0 Å². The standard InChI is InChI=1S/C14H28/c1-7-14(5,6)12-10-13(3,4)9-8-11(12)2/h11-12H,7-10H2,1-6H3. The molecule has 0 nitrogen and oxygen atoms in total. The Balaban J connectivity index is 2.75. The van der Waals surface area contributed by atoms with Crippen LogP contribution in [0, 0.1) is 22.7 Å². The largest absolute Gasteiger partial charge is 0.0649 e. The lowest BCUT2D eigenvalue weighted by atomic mass is 9.59. The second-order valence-electron chi connectivity index (χ2n) is 6.83. The second-order valence-corrected chi connectivity index (χ2v) is 6.83. The summed E-state index contributed by atoms with van der Waals surface area (Å²) in [5.41, 5.74) is 1.13. The quantitative estimate of drug-likeness (QED) is 0.590. The monoisotopic (exact) mass is 196 g/mol. The molecule has 0 aromatic carbocycles. The van der Waals surface area contributed by atoms with Crippen molar-refractivity contribution in [2.75, 3.05) is 0 Å². The number of rotatable bonds is 2. The zero-order valence-corrected chi connectivity index (χ0v) is 11.0. The third kappa shape index (κ3) is 2.52. The fourth-order valence-corrected chi connectivity index (χ4v) is 3.03. The van der Waals surface area contributed by atoms with Crippen LogP contribution in [0.2, 0.25) is 0 Å². The van der Waals surface area contributed by atoms with Crippen LogP contribution >= 0.6 is 0 Å². The summed E-state index contributed by atoms with van der Waals surface area (Å²) in [7, 11) is 0. The molecule has 2 atom stereocenters. The van der Waals surface area contributed by atoms with Crippen molar-refractivity contribution in [1.29, 1.82) is 0 Å². The van der Waals surface area contributed by atoms with Crippen LogP contribution in [0.15, 0.2) is 0 Å². The Bertz CT molecular complexity index is 188. The highest BCUT2D eigenvalue weighted by Crippen LogP contribution is 2.49. The van der Waals surface area contributed by atoms with E-state index < -0.39 is 0 Å². The summed E-state index contributed by atoms with van der Waals surface area (Å²) in [5.74, 6) is 1.86. The number of hydrogen-bond acceptors (Lipinski definition) is 0. The molecule has 14 heavy (non-hydrogen) atoms. The van der Waals surface area contributed by atoms with Gasteiger partial charge in [0.1, 0.15) is 0 Å². The SMILES string of the molecule is CCC(C)(C)C1CC(C)(C)CCC1C. The lowest BCUT2D eigenvalue weighted by Gasteiger charge is -2.47. The minimum atomic E-state index is 0.539. The van der Waals surface area contributed by atoms with Gasteiger partial charge in [0.05, 0.1) is 0 Å². The van der Waals surface area contributed by atoms with Gasteiger partial charge in [0, 0.05) is 0 Å². The van der Waals surface area contributed by atoms with Gasteiger partial charge in [-0.2, -0.15) is 0 Å². The Labute approximate surface area is 90.5 Å². The average Bonchev–Trinajstić information content (AvgIpc) is 2.09. The van der Waals surface area contributed by atoms with Crippen molar-refractivity contribution in [1.82, 2.24) is 0 Å². The summed E-state index contributed by atoms with van der Waals surface area (Å²) < 4.78 is 0. The van der Waals surface area contributed by atoms with Gasteiger partial charge in [-0.05, 0) is 41.9 Å². The predicted octanol–water partition coefficient (Wildman–Crippen LogP) is 4.89. The number of hydrogen-bond donors (Lipinski definition) is 0. The molecule has 1 rings (SSSR count). The average molecular weight is 196 g/mol. The van der Waals surface area contributed by atoms with Gasteiger partial charge in [0.15, 0.2) is 0 Å². The van der Waals surface area contributed by atoms with Gasteiger partial charge in [-0.25, -0.2) is 0 Å². The van der Waals surface area contributed by atoms with Gasteiger partial charge in [-0.15, -0.1) is 0 Å². The molecule has 0 aromatic heterocycles. The lowest BCUT2D eigenvalue weighted by molar-refractivity contribution is 0.0357. The molecule has 1 aliphatic carbocycles. The molecule has 0 aromatic rings. The Kier molecular flexibility index (Phi) is 3.33. The Morgan fingerprint density at radius 3 is 2.36 bits per heavy atom. The van der Waals surface area contributed by atoms with Crippen LogP contribution in [0.1, 0.15) is 67.2 Å². The van der Waals surface area contributed by atoms with Gasteiger partial charge >= 0.3 is 0 Å². The van der Waals surface area contributed by atoms with Crippen LogP contribution in [-0.4, -0.2) is 0 Å². The molecule has 1 aliphatic rings. The molecule has 0 spiro atoms. The second kappa shape index (κ2) is 3.87. The third-order valence-corrected chi connectivity index (χ3v) is 4.65. The van der Waals surface area contributed by atoms with Crippen molar-refractivity contribution in [2.24, 2.45) is 22.7 Å². The summed E-state index contributed by atoms with van der Waals surface area (Å²) in [6.45, 7) is 14.6. The topological polar surface area (TPSA) is 0 Å². The van der Waals surface area contributed by atoms with Gasteiger partial charge in [-0.3, -0.25) is 0 Å². The summed E-state index contributed by atoms with van der Waals surface area (Å²) in [6, 6.07) is 0. The molecular formula is C14H28. The Morgan fingerprint density at radius 2 is 1.86 bits per heavy atom. The normalized spacial score (nSPS) is 33.0. The minimum Gasteiger partial charge on any atom is -0.0649 e. The molecule has 1 saturated carbocycles. The molecule has 0 saturated heterocycles. The summed E-state index contributed by atoms with van der Waals surface area (Å²) in [4.78, 5) is 0. The van der Waals surface area contributed by atoms with Gasteiger partial charge in [-0.1, -0.05) is 48.0 Å². The Morgan fingerprint density at radius 1 is 1.29 bits per heavy atom. The van der Waals surface area contributed by atoms with E-state index in [1.165, 1.54) is 25.7 Å². The van der Waals surface area contributed by atoms with Crippen LogP contribution in [0.3, 0.4) is 0 Å². The van der Waals surface area contributed by atoms with E-state index >= 15 is 0 Å². The van der Waals surface area contributed by atoms with E-state index in [1.807, 2.05) is 0 Å². The van der Waals surface area contributed by atoms with E-state index in [1.54, 1.807) is 0 Å². The van der Waals surface area contributed by atoms with Crippen molar-refractivity contribution in [3.05, 3.63) is 0 Å². The molecule has 0 heterocycles. The molecule has 1 fully saturated rings. The van der Waals surface area contributed by atoms with Crippen LogP contribution < -0.4 is 0 Å². The molecule has 0 aliphatic heterocycles. The molecule has 0 heteroatoms. The molecule has 84 valence electrons. The first kappa shape index (κ1) is 12.1. The van der Waals surface area contributed by atoms with Crippen LogP contribution in [0.4, 0.5) is 0 Å². The molecular weight excluding hydrogens is 168 g/mol. The molecule has 2 unspecified atom stereocenters. The van der Waals surface area contributed by atoms with E-state index in [0.29, 0.717) is 10.8 Å². The Hall–Kier alpha value is 0. The minimum absolute atomic E-state index is 0.539. The highest BCUT2D eigenvalue weighted by molar-refractivity contribution is 4.90. The maximum Gasteiger partial charge on any atom is -0.0326 e. The van der Waals surface area contributed by atoms with Crippen molar-refractivity contribution < 1.29 is 0 Å². The van der Waals surface area contributed by atoms with Crippen LogP contribution in [-0.2, 0) is 0 Å². The van der Waals surface area contributed by atoms with Gasteiger partial charge in [0.25, 0.3) is 0 Å². The van der Waals surface area contributed by atoms with E-state index in [4.69, 9.17) is 0 Å². The predicted molar refractivity (Wildman–Crippen MR) is 64.4 cm³/mol. The zero-order valence-electron chi connectivity index (χ0n) is 11.0. The molecule has 0 radical (unpaired) electrons. The smallest absolute Gasteiger partial charge is 0.0326 e. The fraction of sp³-hybridized carbons (Fsp3) is 1.00. The fourth-order valence-electron chi connectivity index (χ4n) is 3.03. The third-order valence-electron chi connectivity index (χ3n) is 4.65. The first-order valence-corrected chi connectivity index (χ1v) is 6.28. The first-order chi connectivity index (χ1) is 6.28. The van der Waals surface area contributed by atoms with Crippen LogP contribution in [0.25, 0.3) is 0 Å². The van der Waals surface area contributed by atoms with E-state index in [-0.39, 0.29) is 0 Å². The maximum absolute atomic E-state index is 2.46. The van der Waals surface area contributed by atoms with Crippen molar-refractivity contribution in [3.8, 4) is 0 Å². The first-order valence-electron chi connectivity index (χ1n) is 6.28. The molecule has 0 bridgehead atoms. The highest BCUT2D eigenvalue weighted by atomic mass is 14.4. The maximum atomic E-state index is 2.46. The summed E-state index contributed by atoms with van der Waals surface area (Å²) in [5, 5.41) is 0. The lowest BCUT2D eigenvalue weighted by Crippen LogP contribution is -2.37. The van der Waals surface area contributed by atoms with Crippen LogP contribution in [0.5, 0.6) is 0 Å². The van der Waals surface area contributed by atoms with Gasteiger partial charge < -0.3 is 0 Å². The van der Waals surface area contributed by atoms with E-state index in [0.717, 1.165) is 11.8 Å². The van der Waals surface area contributed by atoms with Crippen molar-refractivity contribution in [3.63, 3.8) is 0 Å². The highest BCUT2D eigenvalue weighted by Gasteiger charge is 2.39. The zero-order chi connectivity index (χ0) is 11.0. The molecule has 0 N–H and O–H groups in total.